The summed E-state index contributed by atoms with van der Waals surface area (Å²) in [7, 11) is -3.59. The molecule has 0 spiro atoms. The molecule has 0 bridgehead atoms. The second-order valence-electron chi connectivity index (χ2n) is 3.30. The van der Waals surface area contributed by atoms with Gasteiger partial charge in [0.15, 0.2) is 9.34 Å². The zero-order chi connectivity index (χ0) is 10.2. The minimum absolute atomic E-state index is 0.110. The molecule has 3 N–H and O–H groups in total. The molecule has 14 heavy (non-hydrogen) atoms. The van der Waals surface area contributed by atoms with Crippen LogP contribution in [0.1, 0.15) is 19.3 Å². The fourth-order valence-corrected chi connectivity index (χ4v) is 2.71. The molecule has 5 nitrogen and oxygen atoms in total. The summed E-state index contributed by atoms with van der Waals surface area (Å²) in [6.07, 6.45) is 4.78. The van der Waals surface area contributed by atoms with Crippen molar-refractivity contribution in [1.29, 1.82) is 0 Å². The summed E-state index contributed by atoms with van der Waals surface area (Å²) < 4.78 is 22.0. The second kappa shape index (κ2) is 3.48. The number of thiazole rings is 1. The summed E-state index contributed by atoms with van der Waals surface area (Å²) in [5.74, 6) is 0. The Hall–Kier alpha value is -0.660. The van der Waals surface area contributed by atoms with E-state index in [1.165, 1.54) is 12.6 Å². The molecule has 0 amide bonds. The Morgan fingerprint density at radius 1 is 1.57 bits per heavy atom. The maximum atomic E-state index is 10.9. The average Bonchev–Trinajstić information content (AvgIpc) is 2.43. The van der Waals surface area contributed by atoms with E-state index in [-0.39, 0.29) is 4.21 Å². The van der Waals surface area contributed by atoms with E-state index in [2.05, 4.69) is 10.3 Å². The Morgan fingerprint density at radius 2 is 2.29 bits per heavy atom. The van der Waals surface area contributed by atoms with Crippen LogP contribution < -0.4 is 10.5 Å². The molecule has 0 unspecified atom stereocenters. The number of primary sulfonamides is 1. The Bertz CT molecular complexity index is 422. The maximum absolute atomic E-state index is 10.9. The smallest absolute Gasteiger partial charge is 0.249 e. The zero-order valence-corrected chi connectivity index (χ0v) is 9.07. The van der Waals surface area contributed by atoms with Crippen molar-refractivity contribution in [1.82, 2.24) is 4.98 Å². The number of aromatic nitrogens is 1. The molecular weight excluding hydrogens is 222 g/mol. The van der Waals surface area contributed by atoms with Gasteiger partial charge in [-0.05, 0) is 19.3 Å². The highest BCUT2D eigenvalue weighted by atomic mass is 32.2. The molecule has 1 heterocycles. The van der Waals surface area contributed by atoms with Gasteiger partial charge in [-0.2, -0.15) is 0 Å². The lowest BCUT2D eigenvalue weighted by molar-refractivity contribution is 0.445. The van der Waals surface area contributed by atoms with Gasteiger partial charge in [0.25, 0.3) is 0 Å². The summed E-state index contributed by atoms with van der Waals surface area (Å²) in [5.41, 5.74) is 0. The lowest BCUT2D eigenvalue weighted by atomic mass is 9.93. The molecular formula is C7H11N3O2S2. The van der Waals surface area contributed by atoms with Crippen molar-refractivity contribution in [2.24, 2.45) is 5.14 Å². The van der Waals surface area contributed by atoms with Crippen LogP contribution in [0.5, 0.6) is 0 Å². The van der Waals surface area contributed by atoms with E-state index < -0.39 is 10.0 Å². The predicted molar refractivity (Wildman–Crippen MR) is 54.7 cm³/mol. The van der Waals surface area contributed by atoms with Crippen LogP contribution in [0, 0.1) is 0 Å². The van der Waals surface area contributed by atoms with Crippen molar-refractivity contribution in [3.05, 3.63) is 6.20 Å². The molecule has 1 fully saturated rings. The first-order valence-electron chi connectivity index (χ1n) is 4.31. The van der Waals surface area contributed by atoms with Crippen molar-refractivity contribution in [3.8, 4) is 0 Å². The normalized spacial score (nSPS) is 17.8. The van der Waals surface area contributed by atoms with Gasteiger partial charge in [-0.3, -0.25) is 0 Å². The van der Waals surface area contributed by atoms with Gasteiger partial charge < -0.3 is 5.32 Å². The molecule has 0 aliphatic heterocycles. The number of rotatable bonds is 3. The summed E-state index contributed by atoms with van der Waals surface area (Å²) in [6.45, 7) is 0. The molecule has 0 saturated heterocycles. The Kier molecular flexibility index (Phi) is 2.46. The minimum Gasteiger partial charge on any atom is -0.359 e. The van der Waals surface area contributed by atoms with Crippen LogP contribution >= 0.6 is 11.3 Å². The highest BCUT2D eigenvalue weighted by molar-refractivity contribution is 7.91. The van der Waals surface area contributed by atoms with E-state index in [0.29, 0.717) is 11.2 Å². The van der Waals surface area contributed by atoms with E-state index in [4.69, 9.17) is 5.14 Å². The topological polar surface area (TPSA) is 85.1 Å². The van der Waals surface area contributed by atoms with Gasteiger partial charge in [0.05, 0.1) is 6.20 Å². The van der Waals surface area contributed by atoms with Crippen molar-refractivity contribution in [3.63, 3.8) is 0 Å². The molecule has 0 aromatic carbocycles. The lowest BCUT2D eigenvalue weighted by Crippen LogP contribution is -2.26. The number of nitrogens with one attached hydrogen (secondary N) is 1. The van der Waals surface area contributed by atoms with E-state index in [9.17, 15) is 8.42 Å². The molecule has 1 aromatic rings. The fraction of sp³-hybridized carbons (Fsp3) is 0.571. The van der Waals surface area contributed by atoms with E-state index in [0.717, 1.165) is 24.2 Å². The van der Waals surface area contributed by atoms with Crippen molar-refractivity contribution < 1.29 is 8.42 Å². The summed E-state index contributed by atoms with van der Waals surface area (Å²) >= 11 is 1.08. The van der Waals surface area contributed by atoms with Crippen LogP contribution in [0.15, 0.2) is 10.4 Å². The Morgan fingerprint density at radius 3 is 2.71 bits per heavy atom. The molecule has 7 heteroatoms. The number of hydrogen-bond acceptors (Lipinski definition) is 5. The Labute approximate surface area is 86.4 Å². The standard InChI is InChI=1S/C7H11N3O2S2/c8-14(11,12)6-4-9-7(13-6)10-5-2-1-3-5/h4-5H,1-3H2,(H,9,10)(H2,8,11,12). The number of sulfonamides is 1. The van der Waals surface area contributed by atoms with E-state index in [1.54, 1.807) is 0 Å². The van der Waals surface area contributed by atoms with Crippen LogP contribution in [0.3, 0.4) is 0 Å². The molecule has 78 valence electrons. The zero-order valence-electron chi connectivity index (χ0n) is 7.43. The largest absolute Gasteiger partial charge is 0.359 e. The van der Waals surface area contributed by atoms with Crippen molar-refractivity contribution in [2.45, 2.75) is 29.5 Å². The SMILES string of the molecule is NS(=O)(=O)c1cnc(NC2CCC2)s1. The monoisotopic (exact) mass is 233 g/mol. The molecule has 1 aromatic heterocycles. The average molecular weight is 233 g/mol. The van der Waals surface area contributed by atoms with Crippen LogP contribution in [0.4, 0.5) is 5.13 Å². The first-order chi connectivity index (χ1) is 6.55. The number of nitrogens with two attached hydrogens (primary N) is 1. The minimum atomic E-state index is -3.59. The number of hydrogen-bond donors (Lipinski definition) is 2. The number of nitrogens with zero attached hydrogens (tertiary/aromatic N) is 1. The third-order valence-corrected chi connectivity index (χ3v) is 4.53. The first-order valence-corrected chi connectivity index (χ1v) is 6.67. The van der Waals surface area contributed by atoms with Crippen LogP contribution in [0.25, 0.3) is 0 Å². The third kappa shape index (κ3) is 2.05. The first kappa shape index (κ1) is 9.88. The molecule has 1 aliphatic carbocycles. The van der Waals surface area contributed by atoms with Crippen molar-refractivity contribution in [2.75, 3.05) is 5.32 Å². The highest BCUT2D eigenvalue weighted by Crippen LogP contribution is 2.27. The maximum Gasteiger partial charge on any atom is 0.249 e. The molecule has 1 aliphatic rings. The summed E-state index contributed by atoms with van der Waals surface area (Å²) in [6, 6.07) is 0.453. The van der Waals surface area contributed by atoms with Crippen molar-refractivity contribution >= 4 is 26.5 Å². The van der Waals surface area contributed by atoms with Gasteiger partial charge in [0, 0.05) is 6.04 Å². The third-order valence-electron chi connectivity index (χ3n) is 2.20. The van der Waals surface area contributed by atoms with E-state index in [1.807, 2.05) is 0 Å². The summed E-state index contributed by atoms with van der Waals surface area (Å²) in [5, 5.41) is 8.76. The quantitative estimate of drug-likeness (QED) is 0.807. The van der Waals surface area contributed by atoms with Crippen LogP contribution in [-0.2, 0) is 10.0 Å². The van der Waals surface area contributed by atoms with Gasteiger partial charge in [-0.25, -0.2) is 18.5 Å². The second-order valence-corrected chi connectivity index (χ2v) is 6.12. The lowest BCUT2D eigenvalue weighted by Gasteiger charge is -2.25. The summed E-state index contributed by atoms with van der Waals surface area (Å²) in [4.78, 5) is 3.95. The number of anilines is 1. The van der Waals surface area contributed by atoms with Gasteiger partial charge in [-0.1, -0.05) is 11.3 Å². The van der Waals surface area contributed by atoms with Gasteiger partial charge >= 0.3 is 0 Å². The van der Waals surface area contributed by atoms with Gasteiger partial charge in [-0.15, -0.1) is 0 Å². The fourth-order valence-electron chi connectivity index (χ4n) is 1.18. The molecule has 0 radical (unpaired) electrons. The molecule has 0 atom stereocenters. The van der Waals surface area contributed by atoms with Gasteiger partial charge in [0.2, 0.25) is 10.0 Å². The van der Waals surface area contributed by atoms with E-state index >= 15 is 0 Å². The van der Waals surface area contributed by atoms with Gasteiger partial charge in [0.1, 0.15) is 0 Å². The predicted octanol–water partition coefficient (Wildman–Crippen LogP) is 0.755. The molecule has 2 rings (SSSR count). The molecule has 1 saturated carbocycles. The Balaban J connectivity index is 2.09. The van der Waals surface area contributed by atoms with Crippen LogP contribution in [0.2, 0.25) is 0 Å². The van der Waals surface area contributed by atoms with Crippen LogP contribution in [-0.4, -0.2) is 19.4 Å². The highest BCUT2D eigenvalue weighted by Gasteiger charge is 2.19.